The molecule has 0 radical (unpaired) electrons. The van der Waals surface area contributed by atoms with Crippen LogP contribution in [0.15, 0.2) is 18.3 Å². The van der Waals surface area contributed by atoms with Crippen molar-refractivity contribution in [2.75, 3.05) is 45.8 Å². The van der Waals surface area contributed by atoms with Crippen LogP contribution in [0.25, 0.3) is 0 Å². The summed E-state index contributed by atoms with van der Waals surface area (Å²) >= 11 is 0. The number of carboxylic acids is 1. The van der Waals surface area contributed by atoms with Crippen LogP contribution in [0, 0.1) is 0 Å². The normalized spacial score (nSPS) is 16.3. The molecule has 1 N–H and O–H groups in total. The first kappa shape index (κ1) is 19.3. The minimum Gasteiger partial charge on any atom is -0.478 e. The van der Waals surface area contributed by atoms with E-state index in [1.165, 1.54) is 12.3 Å². The van der Waals surface area contributed by atoms with Gasteiger partial charge < -0.3 is 14.9 Å². The number of likely N-dealkylation sites (N-methyl/N-ethyl adjacent to an activating group) is 1. The van der Waals surface area contributed by atoms with Crippen molar-refractivity contribution in [2.45, 2.75) is 26.8 Å². The molecule has 0 saturated carbocycles. The van der Waals surface area contributed by atoms with Crippen molar-refractivity contribution in [3.8, 4) is 0 Å². The van der Waals surface area contributed by atoms with Gasteiger partial charge in [0.2, 0.25) is 5.91 Å². The molecule has 7 nitrogen and oxygen atoms in total. The van der Waals surface area contributed by atoms with Gasteiger partial charge in [-0.25, -0.2) is 4.79 Å². The number of pyridine rings is 1. The molecule has 0 atom stereocenters. The topological polar surface area (TPSA) is 77.0 Å². The van der Waals surface area contributed by atoms with Gasteiger partial charge in [-0.2, -0.15) is 0 Å². The molecular formula is C18H28N4O3. The Morgan fingerprint density at radius 3 is 2.76 bits per heavy atom. The predicted octanol–water partition coefficient (Wildman–Crippen LogP) is 1.16. The maximum atomic E-state index is 12.5. The highest BCUT2D eigenvalue weighted by molar-refractivity contribution is 5.87. The number of hydrogen-bond acceptors (Lipinski definition) is 5. The van der Waals surface area contributed by atoms with Gasteiger partial charge in [-0.05, 0) is 31.6 Å². The van der Waals surface area contributed by atoms with Gasteiger partial charge in [0.15, 0.2) is 0 Å². The number of aromatic carboxylic acids is 1. The van der Waals surface area contributed by atoms with Crippen LogP contribution >= 0.6 is 0 Å². The Bertz CT molecular complexity index is 589. The van der Waals surface area contributed by atoms with Crippen molar-refractivity contribution < 1.29 is 14.7 Å². The second kappa shape index (κ2) is 9.48. The zero-order valence-corrected chi connectivity index (χ0v) is 15.1. The SMILES string of the molecule is CCN(CC)CCN1CCCN(Cc2cc(C(=O)O)ccn2)CC1=O. The lowest BCUT2D eigenvalue weighted by Gasteiger charge is -2.25. The lowest BCUT2D eigenvalue weighted by atomic mass is 10.2. The predicted molar refractivity (Wildman–Crippen MR) is 95.5 cm³/mol. The van der Waals surface area contributed by atoms with E-state index in [2.05, 4.69) is 23.7 Å². The molecular weight excluding hydrogens is 320 g/mol. The lowest BCUT2D eigenvalue weighted by molar-refractivity contribution is -0.131. The number of hydrogen-bond donors (Lipinski definition) is 1. The van der Waals surface area contributed by atoms with E-state index >= 15 is 0 Å². The second-order valence-electron chi connectivity index (χ2n) is 6.31. The summed E-state index contributed by atoms with van der Waals surface area (Å²) in [6.07, 6.45) is 2.43. The maximum Gasteiger partial charge on any atom is 0.335 e. The average molecular weight is 348 g/mol. The van der Waals surface area contributed by atoms with Crippen LogP contribution in [0.3, 0.4) is 0 Å². The smallest absolute Gasteiger partial charge is 0.335 e. The van der Waals surface area contributed by atoms with Gasteiger partial charge in [0.05, 0.1) is 17.8 Å². The van der Waals surface area contributed by atoms with Crippen molar-refractivity contribution in [3.05, 3.63) is 29.6 Å². The van der Waals surface area contributed by atoms with Crippen LogP contribution in [0.4, 0.5) is 0 Å². The Morgan fingerprint density at radius 2 is 2.08 bits per heavy atom. The summed E-state index contributed by atoms with van der Waals surface area (Å²) < 4.78 is 0. The number of carbonyl (C=O) groups is 2. The van der Waals surface area contributed by atoms with Crippen molar-refractivity contribution >= 4 is 11.9 Å². The van der Waals surface area contributed by atoms with Gasteiger partial charge in [-0.15, -0.1) is 0 Å². The Morgan fingerprint density at radius 1 is 1.32 bits per heavy atom. The van der Waals surface area contributed by atoms with Crippen LogP contribution in [0.1, 0.15) is 36.3 Å². The summed E-state index contributed by atoms with van der Waals surface area (Å²) in [7, 11) is 0. The van der Waals surface area contributed by atoms with Crippen LogP contribution in [-0.4, -0.2) is 82.5 Å². The Labute approximate surface area is 149 Å². The first-order valence-electron chi connectivity index (χ1n) is 8.94. The summed E-state index contributed by atoms with van der Waals surface area (Å²) in [4.78, 5) is 34.1. The first-order chi connectivity index (χ1) is 12.0. The van der Waals surface area contributed by atoms with Crippen molar-refractivity contribution in [1.82, 2.24) is 19.7 Å². The van der Waals surface area contributed by atoms with E-state index in [1.54, 1.807) is 6.07 Å². The van der Waals surface area contributed by atoms with Gasteiger partial charge in [0.25, 0.3) is 0 Å². The number of nitrogens with zero attached hydrogens (tertiary/aromatic N) is 4. The number of carbonyl (C=O) groups excluding carboxylic acids is 1. The molecule has 138 valence electrons. The largest absolute Gasteiger partial charge is 0.478 e. The molecule has 7 heteroatoms. The van der Waals surface area contributed by atoms with Crippen LogP contribution < -0.4 is 0 Å². The molecule has 0 aromatic carbocycles. The van der Waals surface area contributed by atoms with Crippen molar-refractivity contribution in [2.24, 2.45) is 0 Å². The molecule has 1 saturated heterocycles. The molecule has 0 bridgehead atoms. The van der Waals surface area contributed by atoms with Gasteiger partial charge in [-0.1, -0.05) is 13.8 Å². The second-order valence-corrected chi connectivity index (χ2v) is 6.31. The number of aromatic nitrogens is 1. The van der Waals surface area contributed by atoms with E-state index in [0.717, 1.165) is 45.7 Å². The maximum absolute atomic E-state index is 12.5. The number of rotatable bonds is 8. The molecule has 25 heavy (non-hydrogen) atoms. The molecule has 1 amide bonds. The van der Waals surface area contributed by atoms with E-state index in [0.29, 0.717) is 18.8 Å². The average Bonchev–Trinajstić information content (AvgIpc) is 2.77. The van der Waals surface area contributed by atoms with E-state index in [1.807, 2.05) is 9.80 Å². The third-order valence-corrected chi connectivity index (χ3v) is 4.64. The van der Waals surface area contributed by atoms with Crippen molar-refractivity contribution in [3.63, 3.8) is 0 Å². The fraction of sp³-hybridized carbons (Fsp3) is 0.611. The molecule has 1 aliphatic rings. The highest BCUT2D eigenvalue weighted by Gasteiger charge is 2.22. The molecule has 1 aromatic rings. The standard InChI is InChI=1S/C18H28N4O3/c1-3-20(4-2)10-11-22-9-5-8-21(14-17(22)23)13-16-12-15(18(24)25)6-7-19-16/h6-7,12H,3-5,8-11,13-14H2,1-2H3,(H,24,25). The number of amides is 1. The molecule has 0 aliphatic carbocycles. The zero-order chi connectivity index (χ0) is 18.2. The molecule has 1 aliphatic heterocycles. The van der Waals surface area contributed by atoms with Gasteiger partial charge >= 0.3 is 5.97 Å². The molecule has 0 unspecified atom stereocenters. The zero-order valence-electron chi connectivity index (χ0n) is 15.1. The Balaban J connectivity index is 1.92. The van der Waals surface area contributed by atoms with Gasteiger partial charge in [0.1, 0.15) is 0 Å². The third-order valence-electron chi connectivity index (χ3n) is 4.64. The third kappa shape index (κ3) is 5.79. The van der Waals surface area contributed by atoms with E-state index < -0.39 is 5.97 Å². The van der Waals surface area contributed by atoms with E-state index in [-0.39, 0.29) is 11.5 Å². The highest BCUT2D eigenvalue weighted by atomic mass is 16.4. The lowest BCUT2D eigenvalue weighted by Crippen LogP contribution is -2.41. The van der Waals surface area contributed by atoms with Gasteiger partial charge in [-0.3, -0.25) is 14.7 Å². The Hall–Kier alpha value is -1.99. The molecule has 1 fully saturated rings. The first-order valence-corrected chi connectivity index (χ1v) is 8.94. The summed E-state index contributed by atoms with van der Waals surface area (Å²) in [5, 5.41) is 9.08. The quantitative estimate of drug-likeness (QED) is 0.760. The van der Waals surface area contributed by atoms with Crippen LogP contribution in [0.5, 0.6) is 0 Å². The van der Waals surface area contributed by atoms with E-state index in [9.17, 15) is 9.59 Å². The minimum atomic E-state index is -0.960. The molecule has 2 rings (SSSR count). The molecule has 2 heterocycles. The van der Waals surface area contributed by atoms with E-state index in [4.69, 9.17) is 5.11 Å². The summed E-state index contributed by atoms with van der Waals surface area (Å²) in [6.45, 7) is 10.4. The van der Waals surface area contributed by atoms with Gasteiger partial charge in [0, 0.05) is 38.9 Å². The highest BCUT2D eigenvalue weighted by Crippen LogP contribution is 2.10. The minimum absolute atomic E-state index is 0.138. The summed E-state index contributed by atoms with van der Waals surface area (Å²) in [6, 6.07) is 3.06. The fourth-order valence-corrected chi connectivity index (χ4v) is 3.08. The van der Waals surface area contributed by atoms with Crippen molar-refractivity contribution in [1.29, 1.82) is 0 Å². The number of carboxylic acid groups (broad SMARTS) is 1. The monoisotopic (exact) mass is 348 g/mol. The van der Waals surface area contributed by atoms with Crippen LogP contribution in [-0.2, 0) is 11.3 Å². The Kier molecular flexibility index (Phi) is 7.33. The fourth-order valence-electron chi connectivity index (χ4n) is 3.08. The molecule has 1 aromatic heterocycles. The summed E-state index contributed by atoms with van der Waals surface area (Å²) in [5.41, 5.74) is 0.913. The van der Waals surface area contributed by atoms with Crippen LogP contribution in [0.2, 0.25) is 0 Å². The molecule has 0 spiro atoms. The summed E-state index contributed by atoms with van der Waals surface area (Å²) in [5.74, 6) is -0.822.